The summed E-state index contributed by atoms with van der Waals surface area (Å²) in [5.41, 5.74) is 0.762. The molecule has 5 heteroatoms. The van der Waals surface area contributed by atoms with Crippen molar-refractivity contribution in [1.29, 1.82) is 0 Å². The zero-order valence-electron chi connectivity index (χ0n) is 16.4. The van der Waals surface area contributed by atoms with Gasteiger partial charge in [-0.05, 0) is 49.2 Å². The molecule has 0 spiro atoms. The fraction of sp³-hybridized carbons (Fsp3) is 0.391. The first-order chi connectivity index (χ1) is 13.6. The zero-order valence-corrected chi connectivity index (χ0v) is 16.4. The second-order valence-corrected chi connectivity index (χ2v) is 7.23. The van der Waals surface area contributed by atoms with Crippen LogP contribution < -0.4 is 15.0 Å². The van der Waals surface area contributed by atoms with Gasteiger partial charge in [0.1, 0.15) is 11.5 Å². The Morgan fingerprint density at radius 1 is 0.964 bits per heavy atom. The van der Waals surface area contributed by atoms with Gasteiger partial charge in [0.2, 0.25) is 11.8 Å². The molecular weight excluding hydrogens is 352 g/mol. The molecule has 1 saturated carbocycles. The molecule has 0 heterocycles. The number of anilines is 1. The van der Waals surface area contributed by atoms with Gasteiger partial charge in [-0.15, -0.1) is 0 Å². The summed E-state index contributed by atoms with van der Waals surface area (Å²) >= 11 is 0. The average molecular weight is 380 g/mol. The lowest BCUT2D eigenvalue weighted by Gasteiger charge is -2.24. The lowest BCUT2D eigenvalue weighted by Crippen LogP contribution is -2.39. The van der Waals surface area contributed by atoms with Crippen molar-refractivity contribution in [2.45, 2.75) is 51.5 Å². The number of amides is 2. The van der Waals surface area contributed by atoms with Gasteiger partial charge in [-0.1, -0.05) is 37.5 Å². The molecule has 1 aliphatic carbocycles. The second kappa shape index (κ2) is 9.93. The largest absolute Gasteiger partial charge is 0.457 e. The van der Waals surface area contributed by atoms with Crippen LogP contribution in [0.2, 0.25) is 0 Å². The van der Waals surface area contributed by atoms with E-state index in [-0.39, 0.29) is 11.8 Å². The molecular formula is C23H28N2O3. The molecule has 0 bridgehead atoms. The number of carbonyl (C=O) groups excluding carboxylic acids is 2. The van der Waals surface area contributed by atoms with Gasteiger partial charge in [-0.3, -0.25) is 9.59 Å². The van der Waals surface area contributed by atoms with Crippen LogP contribution in [-0.4, -0.2) is 24.4 Å². The number of nitrogens with zero attached hydrogens (tertiary/aromatic N) is 1. The second-order valence-electron chi connectivity index (χ2n) is 7.23. The van der Waals surface area contributed by atoms with Crippen LogP contribution in [0.1, 0.15) is 45.4 Å². The van der Waals surface area contributed by atoms with Crippen LogP contribution in [0.25, 0.3) is 0 Å². The standard InChI is InChI=1S/C23H28N2O3/c1-18(26)25(17-16-23(27)24-19-8-4-2-5-9-19)20-12-14-22(15-13-20)28-21-10-6-3-7-11-21/h3,6-7,10-15,19H,2,4-5,8-9,16-17H2,1H3,(H,24,27). The Hall–Kier alpha value is -2.82. The van der Waals surface area contributed by atoms with Crippen LogP contribution in [0.3, 0.4) is 0 Å². The molecule has 148 valence electrons. The Balaban J connectivity index is 1.55. The topological polar surface area (TPSA) is 58.6 Å². The molecule has 2 amide bonds. The van der Waals surface area contributed by atoms with Crippen LogP contribution >= 0.6 is 0 Å². The minimum Gasteiger partial charge on any atom is -0.457 e. The van der Waals surface area contributed by atoms with Crippen molar-refractivity contribution in [3.05, 3.63) is 54.6 Å². The Morgan fingerprint density at radius 2 is 1.61 bits per heavy atom. The molecule has 2 aromatic rings. The third-order valence-electron chi connectivity index (χ3n) is 5.04. The van der Waals surface area contributed by atoms with Crippen molar-refractivity contribution < 1.29 is 14.3 Å². The monoisotopic (exact) mass is 380 g/mol. The molecule has 2 aromatic carbocycles. The van der Waals surface area contributed by atoms with E-state index in [2.05, 4.69) is 5.32 Å². The molecule has 28 heavy (non-hydrogen) atoms. The highest BCUT2D eigenvalue weighted by atomic mass is 16.5. The van der Waals surface area contributed by atoms with E-state index in [0.717, 1.165) is 24.3 Å². The summed E-state index contributed by atoms with van der Waals surface area (Å²) in [7, 11) is 0. The zero-order chi connectivity index (χ0) is 19.8. The van der Waals surface area contributed by atoms with Crippen LogP contribution in [0, 0.1) is 0 Å². The average Bonchev–Trinajstić information content (AvgIpc) is 2.71. The van der Waals surface area contributed by atoms with E-state index in [1.54, 1.807) is 4.90 Å². The van der Waals surface area contributed by atoms with Gasteiger partial charge >= 0.3 is 0 Å². The minimum atomic E-state index is -0.0813. The fourth-order valence-corrected chi connectivity index (χ4v) is 3.55. The van der Waals surface area contributed by atoms with Crippen LogP contribution in [-0.2, 0) is 9.59 Å². The summed E-state index contributed by atoms with van der Waals surface area (Å²) in [6.07, 6.45) is 6.05. The van der Waals surface area contributed by atoms with Crippen LogP contribution in [0.5, 0.6) is 11.5 Å². The molecule has 0 unspecified atom stereocenters. The van der Waals surface area contributed by atoms with E-state index in [1.807, 2.05) is 54.6 Å². The van der Waals surface area contributed by atoms with Crippen molar-refractivity contribution >= 4 is 17.5 Å². The Kier molecular flexibility index (Phi) is 7.06. The highest BCUT2D eigenvalue weighted by Crippen LogP contribution is 2.24. The fourth-order valence-electron chi connectivity index (χ4n) is 3.55. The first kappa shape index (κ1) is 19.9. The molecule has 0 aliphatic heterocycles. The number of carbonyl (C=O) groups is 2. The van der Waals surface area contributed by atoms with E-state index in [4.69, 9.17) is 4.74 Å². The SMILES string of the molecule is CC(=O)N(CCC(=O)NC1CCCCC1)c1ccc(Oc2ccccc2)cc1. The van der Waals surface area contributed by atoms with Gasteiger partial charge < -0.3 is 15.0 Å². The molecule has 1 fully saturated rings. The van der Waals surface area contributed by atoms with E-state index in [1.165, 1.54) is 26.2 Å². The van der Waals surface area contributed by atoms with Crippen molar-refractivity contribution in [3.8, 4) is 11.5 Å². The minimum absolute atomic E-state index is 0.0159. The van der Waals surface area contributed by atoms with Gasteiger partial charge in [-0.2, -0.15) is 0 Å². The molecule has 0 radical (unpaired) electrons. The summed E-state index contributed by atoms with van der Waals surface area (Å²) in [6, 6.07) is 17.2. The van der Waals surface area contributed by atoms with Gasteiger partial charge in [0.25, 0.3) is 0 Å². The quantitative estimate of drug-likeness (QED) is 0.759. The Labute approximate surface area is 166 Å². The van der Waals surface area contributed by atoms with Crippen molar-refractivity contribution in [2.24, 2.45) is 0 Å². The summed E-state index contributed by atoms with van der Waals surface area (Å²) in [5, 5.41) is 3.10. The van der Waals surface area contributed by atoms with Gasteiger partial charge in [0, 0.05) is 31.6 Å². The number of rotatable bonds is 7. The number of ether oxygens (including phenoxy) is 1. The summed E-state index contributed by atoms with van der Waals surface area (Å²) in [6.45, 7) is 1.89. The smallest absolute Gasteiger partial charge is 0.223 e. The third-order valence-corrected chi connectivity index (χ3v) is 5.04. The Morgan fingerprint density at radius 3 is 2.25 bits per heavy atom. The van der Waals surface area contributed by atoms with Crippen LogP contribution in [0.15, 0.2) is 54.6 Å². The lowest BCUT2D eigenvalue weighted by atomic mass is 9.95. The van der Waals surface area contributed by atoms with Crippen molar-refractivity contribution in [1.82, 2.24) is 5.32 Å². The molecule has 1 aliphatic rings. The summed E-state index contributed by atoms with van der Waals surface area (Å²) in [4.78, 5) is 26.0. The number of hydrogen-bond donors (Lipinski definition) is 1. The Bertz CT molecular complexity index is 768. The molecule has 3 rings (SSSR count). The van der Waals surface area contributed by atoms with E-state index >= 15 is 0 Å². The lowest BCUT2D eigenvalue weighted by molar-refractivity contribution is -0.121. The molecule has 1 N–H and O–H groups in total. The van der Waals surface area contributed by atoms with Crippen molar-refractivity contribution in [3.63, 3.8) is 0 Å². The highest BCUT2D eigenvalue weighted by Gasteiger charge is 2.18. The third kappa shape index (κ3) is 5.84. The van der Waals surface area contributed by atoms with Crippen LogP contribution in [0.4, 0.5) is 5.69 Å². The maximum absolute atomic E-state index is 12.3. The number of nitrogens with one attached hydrogen (secondary N) is 1. The number of hydrogen-bond acceptors (Lipinski definition) is 3. The normalized spacial score (nSPS) is 14.3. The highest BCUT2D eigenvalue weighted by molar-refractivity contribution is 5.92. The predicted molar refractivity (Wildman–Crippen MR) is 111 cm³/mol. The number of para-hydroxylation sites is 1. The predicted octanol–water partition coefficient (Wildman–Crippen LogP) is 4.67. The first-order valence-corrected chi connectivity index (χ1v) is 10.0. The summed E-state index contributed by atoms with van der Waals surface area (Å²) < 4.78 is 5.79. The maximum atomic E-state index is 12.3. The molecule has 0 saturated heterocycles. The molecule has 5 nitrogen and oxygen atoms in total. The van der Waals surface area contributed by atoms with E-state index in [9.17, 15) is 9.59 Å². The van der Waals surface area contributed by atoms with Gasteiger partial charge in [0.15, 0.2) is 0 Å². The van der Waals surface area contributed by atoms with E-state index in [0.29, 0.717) is 24.8 Å². The van der Waals surface area contributed by atoms with Crippen molar-refractivity contribution in [2.75, 3.05) is 11.4 Å². The molecule has 0 atom stereocenters. The van der Waals surface area contributed by atoms with Gasteiger partial charge in [-0.25, -0.2) is 0 Å². The molecule has 0 aromatic heterocycles. The number of benzene rings is 2. The van der Waals surface area contributed by atoms with Gasteiger partial charge in [0.05, 0.1) is 0 Å². The first-order valence-electron chi connectivity index (χ1n) is 10.0. The van der Waals surface area contributed by atoms with E-state index < -0.39 is 0 Å². The summed E-state index contributed by atoms with van der Waals surface area (Å²) in [5.74, 6) is 1.40. The maximum Gasteiger partial charge on any atom is 0.223 e.